The van der Waals surface area contributed by atoms with E-state index in [0.29, 0.717) is 48.2 Å². The molecule has 4 aromatic rings. The van der Waals surface area contributed by atoms with Gasteiger partial charge in [-0.15, -0.1) is 0 Å². The number of carbonyl (C=O) groups is 3. The second-order valence-electron chi connectivity index (χ2n) is 11.5. The number of fused-ring (bicyclic) bond motifs is 1. The normalized spacial score (nSPS) is 18.3. The molecule has 244 valence electrons. The van der Waals surface area contributed by atoms with E-state index in [4.69, 9.17) is 23.7 Å². The Morgan fingerprint density at radius 2 is 1.40 bits per heavy atom. The van der Waals surface area contributed by atoms with Gasteiger partial charge in [0.1, 0.15) is 46.7 Å². The highest BCUT2D eigenvalue weighted by atomic mass is 16.5. The van der Waals surface area contributed by atoms with Crippen molar-refractivity contribution in [1.29, 1.82) is 0 Å². The van der Waals surface area contributed by atoms with Crippen LogP contribution in [0.1, 0.15) is 59.7 Å². The van der Waals surface area contributed by atoms with E-state index in [1.165, 1.54) is 19.1 Å². The third-order valence-electron chi connectivity index (χ3n) is 7.66. The predicted molar refractivity (Wildman–Crippen MR) is 175 cm³/mol. The van der Waals surface area contributed by atoms with Crippen LogP contribution in [0.2, 0.25) is 0 Å². The predicted octanol–water partition coefficient (Wildman–Crippen LogP) is 7.75. The van der Waals surface area contributed by atoms with E-state index < -0.39 is 5.60 Å². The van der Waals surface area contributed by atoms with Crippen molar-refractivity contribution in [3.05, 3.63) is 108 Å². The number of phenolic OH excluding ortho intramolecular Hbond substituents is 1. The molecule has 1 unspecified atom stereocenters. The van der Waals surface area contributed by atoms with Crippen molar-refractivity contribution in [2.75, 3.05) is 26.4 Å². The van der Waals surface area contributed by atoms with Gasteiger partial charge in [0.25, 0.3) is 0 Å². The minimum Gasteiger partial charge on any atom is -0.507 e. The molecule has 3 aliphatic rings. The van der Waals surface area contributed by atoms with E-state index in [9.17, 15) is 19.5 Å². The summed E-state index contributed by atoms with van der Waals surface area (Å²) >= 11 is 0. The van der Waals surface area contributed by atoms with Crippen molar-refractivity contribution < 1.29 is 43.2 Å². The maximum Gasteiger partial charge on any atom is 0.170 e. The molecule has 1 N–H and O–H groups in total. The van der Waals surface area contributed by atoms with E-state index in [1.54, 1.807) is 12.1 Å². The number of phenols is 1. The standard InChI is InChI=1S/C19H18O4.C14H12O3.C5H8O2/c20-17-12-19(9-4-10-21-13-19)23-18-8-7-15(11-16(17)18)22-14-5-2-1-3-6-14;1-10(15)13-9-12(7-8-14(13)16)17-11-5-3-2-4-6-11;6-5-2-1-3-7-4-5/h1-3,5-8,11H,4,9-10,12-13H2;2-9,16H,1H3;1-4H2. The lowest BCUT2D eigenvalue weighted by Gasteiger charge is -2.40. The first-order chi connectivity index (χ1) is 22.8. The minimum atomic E-state index is -0.482. The zero-order chi connectivity index (χ0) is 33.1. The van der Waals surface area contributed by atoms with Gasteiger partial charge in [-0.2, -0.15) is 0 Å². The molecule has 47 heavy (non-hydrogen) atoms. The van der Waals surface area contributed by atoms with Gasteiger partial charge < -0.3 is 28.8 Å². The molecule has 2 saturated heterocycles. The Kier molecular flexibility index (Phi) is 11.4. The molecular weight excluding hydrogens is 600 g/mol. The molecule has 4 aromatic carbocycles. The second-order valence-corrected chi connectivity index (χ2v) is 11.5. The number of hydrogen-bond acceptors (Lipinski definition) is 9. The smallest absolute Gasteiger partial charge is 0.170 e. The Balaban J connectivity index is 0.000000158. The molecule has 2 fully saturated rings. The van der Waals surface area contributed by atoms with Crippen LogP contribution in [0.4, 0.5) is 0 Å². The molecule has 9 heteroatoms. The summed E-state index contributed by atoms with van der Waals surface area (Å²) in [5, 5.41) is 9.50. The molecule has 1 atom stereocenters. The number of ketones is 3. The average Bonchev–Trinajstić information content (AvgIpc) is 3.08. The van der Waals surface area contributed by atoms with Crippen LogP contribution in [0, 0.1) is 0 Å². The molecule has 9 nitrogen and oxygen atoms in total. The maximum atomic E-state index is 12.6. The number of Topliss-reactive ketones (excluding diaryl/α,β-unsaturated/α-hetero) is 3. The van der Waals surface area contributed by atoms with Crippen molar-refractivity contribution >= 4 is 17.3 Å². The summed E-state index contributed by atoms with van der Waals surface area (Å²) in [6, 6.07) is 28.8. The molecule has 0 saturated carbocycles. The topological polar surface area (TPSA) is 118 Å². The van der Waals surface area contributed by atoms with Gasteiger partial charge in [0.2, 0.25) is 0 Å². The summed E-state index contributed by atoms with van der Waals surface area (Å²) in [7, 11) is 0. The third-order valence-corrected chi connectivity index (χ3v) is 7.66. The lowest BCUT2D eigenvalue weighted by molar-refractivity contribution is -0.126. The summed E-state index contributed by atoms with van der Waals surface area (Å²) in [6.45, 7) is 3.75. The molecule has 3 aliphatic heterocycles. The zero-order valence-corrected chi connectivity index (χ0v) is 26.3. The number of aromatic hydroxyl groups is 1. The summed E-state index contributed by atoms with van der Waals surface area (Å²) < 4.78 is 27.9. The number of carbonyl (C=O) groups excluding carboxylic acids is 3. The van der Waals surface area contributed by atoms with E-state index in [0.717, 1.165) is 44.6 Å². The van der Waals surface area contributed by atoms with Crippen LogP contribution in [-0.4, -0.2) is 54.5 Å². The van der Waals surface area contributed by atoms with Crippen molar-refractivity contribution in [3.8, 4) is 34.5 Å². The molecule has 0 bridgehead atoms. The fraction of sp³-hybridized carbons (Fsp3) is 0.289. The lowest BCUT2D eigenvalue weighted by Crippen LogP contribution is -2.48. The zero-order valence-electron chi connectivity index (χ0n) is 26.3. The summed E-state index contributed by atoms with van der Waals surface area (Å²) in [6.07, 6.45) is 3.80. The average molecular weight is 639 g/mol. The van der Waals surface area contributed by atoms with Gasteiger partial charge in [-0.25, -0.2) is 0 Å². The molecule has 0 aromatic heterocycles. The Labute approximate surface area is 274 Å². The van der Waals surface area contributed by atoms with E-state index in [1.807, 2.05) is 72.8 Å². The van der Waals surface area contributed by atoms with Crippen LogP contribution in [0.15, 0.2) is 97.1 Å². The quantitative estimate of drug-likeness (QED) is 0.219. The first-order valence-electron chi connectivity index (χ1n) is 15.6. The van der Waals surface area contributed by atoms with Crippen LogP contribution in [-0.2, 0) is 14.3 Å². The Bertz CT molecular complexity index is 1650. The van der Waals surface area contributed by atoms with Crippen LogP contribution in [0.5, 0.6) is 34.5 Å². The Morgan fingerprint density at radius 1 is 0.766 bits per heavy atom. The number of benzene rings is 4. The van der Waals surface area contributed by atoms with Crippen molar-refractivity contribution in [2.24, 2.45) is 0 Å². The minimum absolute atomic E-state index is 0.0297. The number of rotatable bonds is 5. The molecule has 1 spiro atoms. The lowest BCUT2D eigenvalue weighted by atomic mass is 9.86. The van der Waals surface area contributed by atoms with Crippen molar-refractivity contribution in [1.82, 2.24) is 0 Å². The Hall–Kier alpha value is -4.99. The molecule has 0 radical (unpaired) electrons. The fourth-order valence-electron chi connectivity index (χ4n) is 5.32. The van der Waals surface area contributed by atoms with Gasteiger partial charge in [-0.1, -0.05) is 36.4 Å². The van der Waals surface area contributed by atoms with Crippen LogP contribution in [0.25, 0.3) is 0 Å². The molecule has 3 heterocycles. The number of hydrogen-bond donors (Lipinski definition) is 1. The van der Waals surface area contributed by atoms with Gasteiger partial charge in [-0.3, -0.25) is 14.4 Å². The highest BCUT2D eigenvalue weighted by molar-refractivity contribution is 6.00. The summed E-state index contributed by atoms with van der Waals surface area (Å²) in [5.74, 6) is 3.34. The molecular formula is C38H38O9. The molecule has 0 aliphatic carbocycles. The fourth-order valence-corrected chi connectivity index (χ4v) is 5.32. The Morgan fingerprint density at radius 3 is 1.96 bits per heavy atom. The first kappa shape index (κ1) is 33.4. The van der Waals surface area contributed by atoms with E-state index in [2.05, 4.69) is 0 Å². The third kappa shape index (κ3) is 9.51. The van der Waals surface area contributed by atoms with Gasteiger partial charge in [0.05, 0.1) is 24.2 Å². The van der Waals surface area contributed by atoms with Gasteiger partial charge >= 0.3 is 0 Å². The number of para-hydroxylation sites is 2. The van der Waals surface area contributed by atoms with Crippen molar-refractivity contribution in [3.63, 3.8) is 0 Å². The highest BCUT2D eigenvalue weighted by Crippen LogP contribution is 2.39. The second kappa shape index (κ2) is 16.0. The van der Waals surface area contributed by atoms with Gasteiger partial charge in [-0.05, 0) is 86.8 Å². The highest BCUT2D eigenvalue weighted by Gasteiger charge is 2.42. The van der Waals surface area contributed by atoms with Crippen LogP contribution >= 0.6 is 0 Å². The largest absolute Gasteiger partial charge is 0.507 e. The molecule has 7 rings (SSSR count). The SMILES string of the molecule is CC(=O)c1cc(Oc2ccccc2)ccc1O.O=C1CC2(CCCOC2)Oc2ccc(Oc3ccccc3)cc21.O=C1CCCOC1. The van der Waals surface area contributed by atoms with Gasteiger partial charge in [0.15, 0.2) is 17.3 Å². The maximum absolute atomic E-state index is 12.6. The van der Waals surface area contributed by atoms with Crippen molar-refractivity contribution in [2.45, 2.75) is 44.6 Å². The van der Waals surface area contributed by atoms with Gasteiger partial charge in [0, 0.05) is 19.6 Å². The first-order valence-corrected chi connectivity index (χ1v) is 15.6. The summed E-state index contributed by atoms with van der Waals surface area (Å²) in [5.41, 5.74) is 0.373. The monoisotopic (exact) mass is 638 g/mol. The van der Waals surface area contributed by atoms with E-state index >= 15 is 0 Å². The number of ether oxygens (including phenoxy) is 5. The molecule has 0 amide bonds. The van der Waals surface area contributed by atoms with Crippen LogP contribution in [0.3, 0.4) is 0 Å². The van der Waals surface area contributed by atoms with E-state index in [-0.39, 0.29) is 28.7 Å². The summed E-state index contributed by atoms with van der Waals surface area (Å²) in [4.78, 5) is 34.2. The van der Waals surface area contributed by atoms with Crippen LogP contribution < -0.4 is 14.2 Å².